The number of aliphatic imine (C=N–C) groups is 1. The van der Waals surface area contributed by atoms with Gasteiger partial charge < -0.3 is 0 Å². The molecule has 1 rings (SSSR count). The molecule has 0 aromatic heterocycles. The fourth-order valence-electron chi connectivity index (χ4n) is 0.819. The van der Waals surface area contributed by atoms with Gasteiger partial charge in [0.05, 0.1) is 10.7 Å². The lowest BCUT2D eigenvalue weighted by molar-refractivity contribution is -0.0328. The summed E-state index contributed by atoms with van der Waals surface area (Å²) in [6.07, 6.45) is 1.27. The lowest BCUT2D eigenvalue weighted by Crippen LogP contribution is -1.99. The number of alkyl halides is 3. The van der Waals surface area contributed by atoms with Crippen LogP contribution in [0.4, 0.5) is 18.9 Å². The van der Waals surface area contributed by atoms with Gasteiger partial charge in [-0.25, -0.2) is 4.79 Å². The van der Waals surface area contributed by atoms with Crippen molar-refractivity contribution >= 4 is 35.1 Å². The summed E-state index contributed by atoms with van der Waals surface area (Å²) in [4.78, 5) is 13.0. The molecule has 0 saturated carbocycles. The van der Waals surface area contributed by atoms with E-state index in [4.69, 9.17) is 11.6 Å². The van der Waals surface area contributed by atoms with E-state index in [9.17, 15) is 18.0 Å². The lowest BCUT2D eigenvalue weighted by atomic mass is 10.3. The van der Waals surface area contributed by atoms with Crippen LogP contribution >= 0.6 is 23.4 Å². The Morgan fingerprint density at radius 2 is 2.07 bits per heavy atom. The van der Waals surface area contributed by atoms with E-state index in [2.05, 4.69) is 4.99 Å². The predicted octanol–water partition coefficient (Wildman–Crippen LogP) is 3.92. The van der Waals surface area contributed by atoms with E-state index in [1.807, 2.05) is 0 Å². The maximum Gasteiger partial charge on any atom is 0.446 e. The predicted molar refractivity (Wildman–Crippen MR) is 51.1 cm³/mol. The zero-order valence-electron chi connectivity index (χ0n) is 7.01. The number of carbonyl (C=O) groups excluding carboxylic acids is 1. The molecule has 0 N–H and O–H groups in total. The van der Waals surface area contributed by atoms with Crippen LogP contribution in [0, 0.1) is 0 Å². The second kappa shape index (κ2) is 4.70. The highest BCUT2D eigenvalue weighted by molar-refractivity contribution is 8.00. The Bertz CT molecular complexity index is 415. The van der Waals surface area contributed by atoms with Crippen LogP contribution in [0.25, 0.3) is 0 Å². The molecule has 0 aliphatic heterocycles. The first-order valence-corrected chi connectivity index (χ1v) is 4.75. The third kappa shape index (κ3) is 3.95. The number of rotatable bonds is 2. The van der Waals surface area contributed by atoms with E-state index in [0.717, 1.165) is 6.07 Å². The molecule has 0 heterocycles. The maximum absolute atomic E-state index is 12.0. The van der Waals surface area contributed by atoms with E-state index in [1.54, 1.807) is 0 Å². The molecule has 1 aromatic rings. The molecule has 0 fully saturated rings. The number of halogens is 4. The van der Waals surface area contributed by atoms with Gasteiger partial charge in [0.1, 0.15) is 0 Å². The highest BCUT2D eigenvalue weighted by Crippen LogP contribution is 2.41. The standard InChI is InChI=1S/C8H3ClF3NOS/c9-6-3-5(13-4-14)1-2-7(6)15-8(10,11)12/h1-3H. The van der Waals surface area contributed by atoms with Crippen molar-refractivity contribution in [2.75, 3.05) is 0 Å². The molecule has 0 aliphatic carbocycles. The van der Waals surface area contributed by atoms with Gasteiger partial charge >= 0.3 is 5.51 Å². The third-order valence-corrected chi connectivity index (χ3v) is 2.55. The Hall–Kier alpha value is -0.970. The summed E-state index contributed by atoms with van der Waals surface area (Å²) in [5, 5.41) is -0.103. The first kappa shape index (κ1) is 12.1. The molecule has 0 amide bonds. The SMILES string of the molecule is O=C=Nc1ccc(SC(F)(F)F)c(Cl)c1. The highest BCUT2D eigenvalue weighted by atomic mass is 35.5. The van der Waals surface area contributed by atoms with Gasteiger partial charge in [0.15, 0.2) is 0 Å². The molecule has 0 saturated heterocycles. The Balaban J connectivity index is 2.98. The van der Waals surface area contributed by atoms with Crippen LogP contribution in [0.1, 0.15) is 0 Å². The number of benzene rings is 1. The van der Waals surface area contributed by atoms with Crippen molar-refractivity contribution in [3.8, 4) is 0 Å². The van der Waals surface area contributed by atoms with Crippen molar-refractivity contribution in [2.24, 2.45) is 4.99 Å². The van der Waals surface area contributed by atoms with Crippen molar-refractivity contribution < 1.29 is 18.0 Å². The average Bonchev–Trinajstić information content (AvgIpc) is 2.08. The van der Waals surface area contributed by atoms with Crippen molar-refractivity contribution in [1.29, 1.82) is 0 Å². The zero-order valence-corrected chi connectivity index (χ0v) is 8.58. The first-order chi connectivity index (χ1) is 6.92. The maximum atomic E-state index is 12.0. The molecular weight excluding hydrogens is 251 g/mol. The number of nitrogens with zero attached hydrogens (tertiary/aromatic N) is 1. The normalized spacial score (nSPS) is 10.9. The second-order valence-corrected chi connectivity index (χ2v) is 3.88. The quantitative estimate of drug-likeness (QED) is 0.454. The summed E-state index contributed by atoms with van der Waals surface area (Å²) in [5.74, 6) is 0. The highest BCUT2D eigenvalue weighted by Gasteiger charge is 2.30. The topological polar surface area (TPSA) is 29.4 Å². The zero-order chi connectivity index (χ0) is 11.5. The Morgan fingerprint density at radius 3 is 2.53 bits per heavy atom. The van der Waals surface area contributed by atoms with Gasteiger partial charge in [0.2, 0.25) is 6.08 Å². The monoisotopic (exact) mass is 253 g/mol. The molecule has 0 unspecified atom stereocenters. The molecule has 80 valence electrons. The Kier molecular flexibility index (Phi) is 3.79. The summed E-state index contributed by atoms with van der Waals surface area (Å²) in [5.41, 5.74) is -4.22. The minimum atomic E-state index is -4.39. The van der Waals surface area contributed by atoms with Crippen LogP contribution in [0.2, 0.25) is 5.02 Å². The summed E-state index contributed by atoms with van der Waals surface area (Å²) >= 11 is 5.24. The minimum Gasteiger partial charge on any atom is -0.211 e. The summed E-state index contributed by atoms with van der Waals surface area (Å²) in [7, 11) is 0. The molecule has 0 aliphatic rings. The molecular formula is C8H3ClF3NOS. The van der Waals surface area contributed by atoms with Gasteiger partial charge in [-0.2, -0.15) is 18.2 Å². The van der Waals surface area contributed by atoms with E-state index < -0.39 is 5.51 Å². The molecule has 0 bridgehead atoms. The third-order valence-electron chi connectivity index (χ3n) is 1.32. The van der Waals surface area contributed by atoms with Gasteiger partial charge in [-0.1, -0.05) is 11.6 Å². The Morgan fingerprint density at radius 1 is 1.40 bits per heavy atom. The number of hydrogen-bond donors (Lipinski definition) is 0. The molecule has 7 heteroatoms. The van der Waals surface area contributed by atoms with Crippen LogP contribution < -0.4 is 0 Å². The number of thioether (sulfide) groups is 1. The van der Waals surface area contributed by atoms with Gasteiger partial charge in [-0.3, -0.25) is 0 Å². The first-order valence-electron chi connectivity index (χ1n) is 3.55. The van der Waals surface area contributed by atoms with Crippen molar-refractivity contribution in [3.63, 3.8) is 0 Å². The smallest absolute Gasteiger partial charge is 0.211 e. The van der Waals surface area contributed by atoms with E-state index in [1.165, 1.54) is 18.2 Å². The summed E-state index contributed by atoms with van der Waals surface area (Å²) < 4.78 is 36.0. The fourth-order valence-corrected chi connectivity index (χ4v) is 1.65. The van der Waals surface area contributed by atoms with Gasteiger partial charge in [-0.05, 0) is 30.0 Å². The molecule has 0 radical (unpaired) electrons. The average molecular weight is 254 g/mol. The van der Waals surface area contributed by atoms with E-state index in [0.29, 0.717) is 0 Å². The molecule has 0 spiro atoms. The van der Waals surface area contributed by atoms with Gasteiger partial charge in [-0.15, -0.1) is 0 Å². The molecule has 0 atom stereocenters. The van der Waals surface area contributed by atoms with Crippen LogP contribution in [-0.2, 0) is 4.79 Å². The molecule has 2 nitrogen and oxygen atoms in total. The van der Waals surface area contributed by atoms with Gasteiger partial charge in [0.25, 0.3) is 0 Å². The molecule has 15 heavy (non-hydrogen) atoms. The van der Waals surface area contributed by atoms with Crippen LogP contribution in [-0.4, -0.2) is 11.6 Å². The van der Waals surface area contributed by atoms with Crippen LogP contribution in [0.5, 0.6) is 0 Å². The van der Waals surface area contributed by atoms with E-state index >= 15 is 0 Å². The Labute approximate surface area is 92.1 Å². The van der Waals surface area contributed by atoms with Crippen molar-refractivity contribution in [2.45, 2.75) is 10.4 Å². The van der Waals surface area contributed by atoms with Crippen molar-refractivity contribution in [3.05, 3.63) is 23.2 Å². The lowest BCUT2D eigenvalue weighted by Gasteiger charge is -2.06. The second-order valence-electron chi connectivity index (χ2n) is 2.37. The van der Waals surface area contributed by atoms with Crippen LogP contribution in [0.15, 0.2) is 28.1 Å². The largest absolute Gasteiger partial charge is 0.446 e. The summed E-state index contributed by atoms with van der Waals surface area (Å²) in [6.45, 7) is 0. The summed E-state index contributed by atoms with van der Waals surface area (Å²) in [6, 6.07) is 3.57. The van der Waals surface area contributed by atoms with Crippen molar-refractivity contribution in [1.82, 2.24) is 0 Å². The fraction of sp³-hybridized carbons (Fsp3) is 0.125. The number of hydrogen-bond acceptors (Lipinski definition) is 3. The minimum absolute atomic E-state index is 0.103. The molecule has 1 aromatic carbocycles. The number of isocyanates is 1. The van der Waals surface area contributed by atoms with Gasteiger partial charge in [0, 0.05) is 4.90 Å². The van der Waals surface area contributed by atoms with Crippen LogP contribution in [0.3, 0.4) is 0 Å². The van der Waals surface area contributed by atoms with E-state index in [-0.39, 0.29) is 27.4 Å².